The van der Waals surface area contributed by atoms with Crippen LogP contribution in [0.2, 0.25) is 0 Å². The average molecular weight is 222 g/mol. The maximum atomic E-state index is 11.2. The number of rotatable bonds is 5. The van der Waals surface area contributed by atoms with Crippen molar-refractivity contribution < 1.29 is 24.2 Å². The Labute approximate surface area is 91.6 Å². The normalized spacial score (nSPS) is 9.56. The van der Waals surface area contributed by atoms with Crippen molar-refractivity contribution in [2.24, 2.45) is 0 Å². The summed E-state index contributed by atoms with van der Waals surface area (Å²) in [6.45, 7) is 0.747. The summed E-state index contributed by atoms with van der Waals surface area (Å²) in [4.78, 5) is 32.2. The Hall–Kier alpha value is -2.17. The zero-order valence-electron chi connectivity index (χ0n) is 8.60. The lowest BCUT2D eigenvalue weighted by Crippen LogP contribution is -2.11. The molecule has 0 saturated heterocycles. The Morgan fingerprint density at radius 3 is 2.19 bits per heavy atom. The molecule has 1 N–H and O–H groups in total. The predicted octanol–water partition coefficient (Wildman–Crippen LogP) is 0.922. The fourth-order valence-corrected chi connectivity index (χ4v) is 1.05. The van der Waals surface area contributed by atoms with Gasteiger partial charge in [0.1, 0.15) is 5.75 Å². The van der Waals surface area contributed by atoms with E-state index in [0.717, 1.165) is 0 Å². The van der Waals surface area contributed by atoms with Crippen LogP contribution in [0, 0.1) is 0 Å². The second kappa shape index (κ2) is 5.06. The van der Waals surface area contributed by atoms with Gasteiger partial charge in [0, 0.05) is 12.5 Å². The molecule has 0 bridgehead atoms. The summed E-state index contributed by atoms with van der Waals surface area (Å²) in [5, 5.41) is 8.37. The number of hydrogen-bond donors (Lipinski definition) is 1. The lowest BCUT2D eigenvalue weighted by atomic mass is 10.1. The van der Waals surface area contributed by atoms with Crippen LogP contribution in [0.15, 0.2) is 24.3 Å². The highest BCUT2D eigenvalue weighted by molar-refractivity contribution is 6.42. The maximum Gasteiger partial charge on any atom is 0.341 e. The number of ether oxygens (including phenoxy) is 1. The Kier molecular flexibility index (Phi) is 3.77. The van der Waals surface area contributed by atoms with Gasteiger partial charge in [-0.2, -0.15) is 0 Å². The maximum absolute atomic E-state index is 11.2. The number of aliphatic carboxylic acids is 1. The number of carboxylic acids is 1. The van der Waals surface area contributed by atoms with Crippen molar-refractivity contribution in [3.8, 4) is 5.75 Å². The molecule has 1 rings (SSSR count). The molecule has 5 nitrogen and oxygen atoms in total. The van der Waals surface area contributed by atoms with Crippen molar-refractivity contribution in [3.63, 3.8) is 0 Å². The first-order valence-corrected chi connectivity index (χ1v) is 4.50. The number of carboxylic acid groups (broad SMARTS) is 1. The predicted molar refractivity (Wildman–Crippen MR) is 54.6 cm³/mol. The molecular formula is C11H10O5. The van der Waals surface area contributed by atoms with Crippen LogP contribution in [0.5, 0.6) is 5.75 Å². The van der Waals surface area contributed by atoms with Crippen LogP contribution in [0.3, 0.4) is 0 Å². The second-order valence-electron chi connectivity index (χ2n) is 3.09. The van der Waals surface area contributed by atoms with E-state index in [9.17, 15) is 14.4 Å². The van der Waals surface area contributed by atoms with E-state index in [4.69, 9.17) is 9.84 Å². The summed E-state index contributed by atoms with van der Waals surface area (Å²) in [6, 6.07) is 5.72. The first kappa shape index (κ1) is 11.9. The molecule has 5 heteroatoms. The van der Waals surface area contributed by atoms with E-state index in [0.29, 0.717) is 5.75 Å². The summed E-state index contributed by atoms with van der Waals surface area (Å²) >= 11 is 0. The largest absolute Gasteiger partial charge is 0.482 e. The number of Topliss-reactive ketones (excluding diaryl/α,β-unsaturated/α-hetero) is 2. The number of hydrogen-bond acceptors (Lipinski definition) is 4. The number of benzene rings is 1. The summed E-state index contributed by atoms with van der Waals surface area (Å²) in [6.07, 6.45) is 0. The molecule has 1 aromatic rings. The Bertz CT molecular complexity index is 419. The fraction of sp³-hybridized carbons (Fsp3) is 0.182. The monoisotopic (exact) mass is 222 g/mol. The van der Waals surface area contributed by atoms with Gasteiger partial charge in [0.05, 0.1) is 0 Å². The van der Waals surface area contributed by atoms with E-state index in [-0.39, 0.29) is 5.56 Å². The van der Waals surface area contributed by atoms with Crippen molar-refractivity contribution in [2.75, 3.05) is 6.61 Å². The topological polar surface area (TPSA) is 80.7 Å². The molecule has 0 saturated carbocycles. The first-order chi connectivity index (χ1) is 7.50. The van der Waals surface area contributed by atoms with Gasteiger partial charge in [0.15, 0.2) is 12.4 Å². The highest BCUT2D eigenvalue weighted by Gasteiger charge is 2.10. The van der Waals surface area contributed by atoms with Gasteiger partial charge < -0.3 is 9.84 Å². The number of ketones is 2. The van der Waals surface area contributed by atoms with Crippen molar-refractivity contribution in [2.45, 2.75) is 6.92 Å². The van der Waals surface area contributed by atoms with Crippen molar-refractivity contribution in [1.82, 2.24) is 0 Å². The zero-order chi connectivity index (χ0) is 12.1. The highest BCUT2D eigenvalue weighted by atomic mass is 16.5. The molecule has 84 valence electrons. The van der Waals surface area contributed by atoms with E-state index < -0.39 is 24.1 Å². The molecule has 0 atom stereocenters. The van der Waals surface area contributed by atoms with Crippen LogP contribution in [-0.2, 0) is 9.59 Å². The lowest BCUT2D eigenvalue weighted by Gasteiger charge is -2.03. The minimum atomic E-state index is -1.08. The molecule has 16 heavy (non-hydrogen) atoms. The van der Waals surface area contributed by atoms with E-state index in [1.807, 2.05) is 0 Å². The fourth-order valence-electron chi connectivity index (χ4n) is 1.05. The molecule has 0 unspecified atom stereocenters. The SMILES string of the molecule is CC(=O)C(=O)c1ccc(OCC(=O)O)cc1. The first-order valence-electron chi connectivity index (χ1n) is 4.50. The highest BCUT2D eigenvalue weighted by Crippen LogP contribution is 2.12. The van der Waals surface area contributed by atoms with Gasteiger partial charge in [-0.1, -0.05) is 0 Å². The van der Waals surface area contributed by atoms with Crippen molar-refractivity contribution >= 4 is 17.5 Å². The minimum Gasteiger partial charge on any atom is -0.482 e. The molecule has 0 amide bonds. The number of carbonyl (C=O) groups is 3. The van der Waals surface area contributed by atoms with Crippen molar-refractivity contribution in [1.29, 1.82) is 0 Å². The van der Waals surface area contributed by atoms with E-state index in [2.05, 4.69) is 0 Å². The van der Waals surface area contributed by atoms with Gasteiger partial charge in [0.25, 0.3) is 0 Å². The summed E-state index contributed by atoms with van der Waals surface area (Å²) in [7, 11) is 0. The van der Waals surface area contributed by atoms with Gasteiger partial charge in [0.2, 0.25) is 5.78 Å². The zero-order valence-corrected chi connectivity index (χ0v) is 8.60. The molecule has 0 heterocycles. The average Bonchev–Trinajstić information content (AvgIpc) is 2.26. The lowest BCUT2D eigenvalue weighted by molar-refractivity contribution is -0.139. The molecule has 1 aromatic carbocycles. The molecule has 0 aliphatic carbocycles. The summed E-state index contributed by atoms with van der Waals surface area (Å²) < 4.78 is 4.87. The van der Waals surface area contributed by atoms with Crippen LogP contribution in [0.25, 0.3) is 0 Å². The van der Waals surface area contributed by atoms with Crippen LogP contribution in [-0.4, -0.2) is 29.2 Å². The molecule has 0 aromatic heterocycles. The smallest absolute Gasteiger partial charge is 0.341 e. The van der Waals surface area contributed by atoms with Gasteiger partial charge in [-0.15, -0.1) is 0 Å². The van der Waals surface area contributed by atoms with Crippen LogP contribution < -0.4 is 4.74 Å². The minimum absolute atomic E-state index is 0.259. The van der Waals surface area contributed by atoms with E-state index >= 15 is 0 Å². The van der Waals surface area contributed by atoms with Gasteiger partial charge in [-0.3, -0.25) is 9.59 Å². The summed E-state index contributed by atoms with van der Waals surface area (Å²) in [5.74, 6) is -1.87. The third kappa shape index (κ3) is 3.20. The molecular weight excluding hydrogens is 212 g/mol. The van der Waals surface area contributed by atoms with Crippen LogP contribution in [0.1, 0.15) is 17.3 Å². The molecule has 0 aliphatic rings. The Balaban J connectivity index is 2.71. The summed E-state index contributed by atoms with van der Waals surface area (Å²) in [5.41, 5.74) is 0.259. The van der Waals surface area contributed by atoms with Crippen LogP contribution in [0.4, 0.5) is 0 Å². The van der Waals surface area contributed by atoms with Gasteiger partial charge in [-0.05, 0) is 24.3 Å². The standard InChI is InChI=1S/C11H10O5/c1-7(12)11(15)8-2-4-9(5-3-8)16-6-10(13)14/h2-5H,6H2,1H3,(H,13,14). The third-order valence-corrected chi connectivity index (χ3v) is 1.80. The van der Waals surface area contributed by atoms with Gasteiger partial charge in [-0.25, -0.2) is 4.79 Å². The molecule has 0 spiro atoms. The third-order valence-electron chi connectivity index (χ3n) is 1.80. The van der Waals surface area contributed by atoms with E-state index in [1.54, 1.807) is 0 Å². The Morgan fingerprint density at radius 2 is 1.75 bits per heavy atom. The van der Waals surface area contributed by atoms with Crippen LogP contribution >= 0.6 is 0 Å². The van der Waals surface area contributed by atoms with Crippen molar-refractivity contribution in [3.05, 3.63) is 29.8 Å². The quantitative estimate of drug-likeness (QED) is 0.591. The Morgan fingerprint density at radius 1 is 1.19 bits per heavy atom. The molecule has 0 aliphatic heterocycles. The molecule has 0 radical (unpaired) electrons. The second-order valence-corrected chi connectivity index (χ2v) is 3.09. The number of carbonyl (C=O) groups excluding carboxylic acids is 2. The molecule has 0 fully saturated rings. The van der Waals surface area contributed by atoms with Gasteiger partial charge >= 0.3 is 5.97 Å². The van der Waals surface area contributed by atoms with E-state index in [1.165, 1.54) is 31.2 Å².